The predicted molar refractivity (Wildman–Crippen MR) is 107 cm³/mol. The van der Waals surface area contributed by atoms with Gasteiger partial charge in [0.25, 0.3) is 0 Å². The van der Waals surface area contributed by atoms with Gasteiger partial charge in [-0.05, 0) is 43.9 Å². The van der Waals surface area contributed by atoms with Crippen molar-refractivity contribution in [2.45, 2.75) is 51.0 Å². The van der Waals surface area contributed by atoms with Crippen molar-refractivity contribution in [2.75, 3.05) is 13.3 Å². The molecule has 0 amide bonds. The summed E-state index contributed by atoms with van der Waals surface area (Å²) in [6, 6.07) is 4.16. The number of nitrogens with one attached hydrogen (secondary N) is 2. The van der Waals surface area contributed by atoms with Crippen molar-refractivity contribution in [2.24, 2.45) is 4.99 Å². The molecule has 3 unspecified atom stereocenters. The maximum Gasteiger partial charge on any atom is 0.231 e. The van der Waals surface area contributed by atoms with E-state index >= 15 is 0 Å². The van der Waals surface area contributed by atoms with E-state index < -0.39 is 0 Å². The number of nitrogens with zero attached hydrogens (tertiary/aromatic N) is 1. The summed E-state index contributed by atoms with van der Waals surface area (Å²) in [5.74, 6) is 2.12. The van der Waals surface area contributed by atoms with E-state index in [1.54, 1.807) is 0 Å². The maximum atomic E-state index is 6.23. The first kappa shape index (κ1) is 18.8. The van der Waals surface area contributed by atoms with Gasteiger partial charge in [0, 0.05) is 6.54 Å². The van der Waals surface area contributed by atoms with Crippen molar-refractivity contribution < 1.29 is 14.2 Å². The van der Waals surface area contributed by atoms with E-state index in [0.29, 0.717) is 41.3 Å². The van der Waals surface area contributed by atoms with Gasteiger partial charge in [0.05, 0.1) is 29.8 Å². The molecule has 4 rings (SSSR count). The van der Waals surface area contributed by atoms with E-state index in [2.05, 4.69) is 22.5 Å². The molecule has 0 saturated carbocycles. The number of fused-ring (bicyclic) bond motifs is 3. The fourth-order valence-corrected chi connectivity index (χ4v) is 3.86. The second kappa shape index (κ2) is 8.18. The van der Waals surface area contributed by atoms with Crippen LogP contribution in [-0.2, 0) is 11.3 Å². The van der Waals surface area contributed by atoms with E-state index in [0.717, 1.165) is 30.9 Å². The molecule has 3 aliphatic rings. The number of ether oxygens (including phenoxy) is 3. The topological polar surface area (TPSA) is 64.1 Å². The van der Waals surface area contributed by atoms with Gasteiger partial charge >= 0.3 is 0 Å². The minimum Gasteiger partial charge on any atom is -0.454 e. The zero-order valence-electron chi connectivity index (χ0n) is 14.1. The van der Waals surface area contributed by atoms with Crippen LogP contribution in [-0.4, -0.2) is 37.5 Å². The standard InChI is InChI=1S/C17H22ClN3O3.HI/c1-2-19-17(21-13-7-11-3-4-14(13)24-11)20-8-10-5-12(18)16-15(6-10)22-9-23-16;/h5-6,11,13-14H,2-4,7-9H2,1H3,(H2,19,20,21);1H. The Balaban J connectivity index is 0.00000182. The van der Waals surface area contributed by atoms with Crippen LogP contribution in [0.15, 0.2) is 17.1 Å². The molecule has 3 aliphatic heterocycles. The molecule has 138 valence electrons. The van der Waals surface area contributed by atoms with Crippen LogP contribution in [0.2, 0.25) is 5.02 Å². The Morgan fingerprint density at radius 3 is 2.92 bits per heavy atom. The van der Waals surface area contributed by atoms with Gasteiger partial charge in [0.15, 0.2) is 17.5 Å². The van der Waals surface area contributed by atoms with Crippen LogP contribution < -0.4 is 20.1 Å². The van der Waals surface area contributed by atoms with Crippen molar-refractivity contribution in [1.29, 1.82) is 0 Å². The highest BCUT2D eigenvalue weighted by Crippen LogP contribution is 2.40. The van der Waals surface area contributed by atoms with Gasteiger partial charge in [-0.25, -0.2) is 4.99 Å². The Kier molecular flexibility index (Phi) is 6.17. The summed E-state index contributed by atoms with van der Waals surface area (Å²) in [7, 11) is 0. The van der Waals surface area contributed by atoms with Gasteiger partial charge in [0.2, 0.25) is 6.79 Å². The third kappa shape index (κ3) is 4.09. The largest absolute Gasteiger partial charge is 0.454 e. The monoisotopic (exact) mass is 479 g/mol. The highest BCUT2D eigenvalue weighted by atomic mass is 127. The van der Waals surface area contributed by atoms with Gasteiger partial charge in [-0.1, -0.05) is 11.6 Å². The Morgan fingerprint density at radius 2 is 2.20 bits per heavy atom. The van der Waals surface area contributed by atoms with Crippen LogP contribution in [0.1, 0.15) is 31.7 Å². The molecular weight excluding hydrogens is 457 g/mol. The number of guanidine groups is 1. The third-order valence-corrected chi connectivity index (χ3v) is 4.96. The smallest absolute Gasteiger partial charge is 0.231 e. The highest BCUT2D eigenvalue weighted by Gasteiger charge is 2.41. The average molecular weight is 480 g/mol. The molecule has 3 atom stereocenters. The van der Waals surface area contributed by atoms with Crippen LogP contribution in [0.5, 0.6) is 11.5 Å². The van der Waals surface area contributed by atoms with E-state index in [1.165, 1.54) is 6.42 Å². The Bertz CT molecular complexity index is 658. The first-order valence-electron chi connectivity index (χ1n) is 8.51. The van der Waals surface area contributed by atoms with Crippen molar-refractivity contribution in [3.63, 3.8) is 0 Å². The molecule has 25 heavy (non-hydrogen) atoms. The third-order valence-electron chi connectivity index (χ3n) is 4.68. The first-order chi connectivity index (χ1) is 11.7. The Hall–Kier alpha value is -0.930. The molecular formula is C17H23ClIN3O3. The van der Waals surface area contributed by atoms with Gasteiger partial charge in [-0.3, -0.25) is 0 Å². The zero-order chi connectivity index (χ0) is 16.5. The summed E-state index contributed by atoms with van der Waals surface area (Å²) in [4.78, 5) is 4.68. The molecule has 1 aromatic carbocycles. The number of hydrogen-bond acceptors (Lipinski definition) is 4. The molecule has 0 radical (unpaired) electrons. The average Bonchev–Trinajstić information content (AvgIpc) is 3.29. The van der Waals surface area contributed by atoms with Crippen LogP contribution in [0.4, 0.5) is 0 Å². The lowest BCUT2D eigenvalue weighted by molar-refractivity contribution is 0.0992. The zero-order valence-corrected chi connectivity index (χ0v) is 17.2. The molecule has 0 aliphatic carbocycles. The Labute approximate surface area is 169 Å². The van der Waals surface area contributed by atoms with Gasteiger partial charge < -0.3 is 24.8 Å². The fourth-order valence-electron chi connectivity index (χ4n) is 3.57. The van der Waals surface area contributed by atoms with Gasteiger partial charge in [-0.2, -0.15) is 0 Å². The summed E-state index contributed by atoms with van der Waals surface area (Å²) in [6.45, 7) is 3.62. The molecule has 1 aromatic rings. The van der Waals surface area contributed by atoms with Gasteiger partial charge in [0.1, 0.15) is 0 Å². The number of halogens is 2. The highest BCUT2D eigenvalue weighted by molar-refractivity contribution is 14.0. The van der Waals surface area contributed by atoms with E-state index in [1.807, 2.05) is 12.1 Å². The quantitative estimate of drug-likeness (QED) is 0.395. The second-order valence-electron chi connectivity index (χ2n) is 6.37. The molecule has 2 N–H and O–H groups in total. The van der Waals surface area contributed by atoms with Crippen LogP contribution in [0, 0.1) is 0 Å². The molecule has 0 aromatic heterocycles. The molecule has 3 heterocycles. The SMILES string of the molecule is CCNC(=NCc1cc(Cl)c2c(c1)OCO2)NC1CC2CCC1O2.I. The van der Waals surface area contributed by atoms with Crippen LogP contribution >= 0.6 is 35.6 Å². The van der Waals surface area contributed by atoms with Crippen molar-refractivity contribution in [1.82, 2.24) is 10.6 Å². The minimum atomic E-state index is 0. The van der Waals surface area contributed by atoms with Crippen molar-refractivity contribution >= 4 is 41.5 Å². The summed E-state index contributed by atoms with van der Waals surface area (Å²) in [5, 5.41) is 7.38. The number of aliphatic imine (C=N–C) groups is 1. The van der Waals surface area contributed by atoms with Crippen LogP contribution in [0.3, 0.4) is 0 Å². The lowest BCUT2D eigenvalue weighted by atomic mass is 9.96. The molecule has 2 saturated heterocycles. The molecule has 6 nitrogen and oxygen atoms in total. The predicted octanol–water partition coefficient (Wildman–Crippen LogP) is 3.06. The summed E-state index contributed by atoms with van der Waals surface area (Å²) in [6.07, 6.45) is 4.12. The van der Waals surface area contributed by atoms with Crippen molar-refractivity contribution in [3.05, 3.63) is 22.7 Å². The van der Waals surface area contributed by atoms with Crippen molar-refractivity contribution in [3.8, 4) is 11.5 Å². The molecule has 8 heteroatoms. The fraction of sp³-hybridized carbons (Fsp3) is 0.588. The van der Waals surface area contributed by atoms with E-state index in [4.69, 9.17) is 25.8 Å². The second-order valence-corrected chi connectivity index (χ2v) is 6.77. The minimum absolute atomic E-state index is 0. The van der Waals surface area contributed by atoms with E-state index in [-0.39, 0.29) is 30.8 Å². The summed E-state index contributed by atoms with van der Waals surface area (Å²) < 4.78 is 16.6. The molecule has 0 spiro atoms. The molecule has 2 bridgehead atoms. The maximum absolute atomic E-state index is 6.23. The summed E-state index contributed by atoms with van der Waals surface area (Å²) in [5.41, 5.74) is 0.991. The van der Waals surface area contributed by atoms with Crippen LogP contribution in [0.25, 0.3) is 0 Å². The Morgan fingerprint density at radius 1 is 1.32 bits per heavy atom. The first-order valence-corrected chi connectivity index (χ1v) is 8.89. The summed E-state index contributed by atoms with van der Waals surface area (Å²) >= 11 is 6.23. The molecule has 2 fully saturated rings. The van der Waals surface area contributed by atoms with Gasteiger partial charge in [-0.15, -0.1) is 24.0 Å². The lowest BCUT2D eigenvalue weighted by Crippen LogP contribution is -2.47. The number of rotatable bonds is 4. The number of benzene rings is 1. The number of hydrogen-bond donors (Lipinski definition) is 2. The lowest BCUT2D eigenvalue weighted by Gasteiger charge is -2.22. The van der Waals surface area contributed by atoms with E-state index in [9.17, 15) is 0 Å². The normalized spacial score (nSPS) is 26.5.